The normalized spacial score (nSPS) is 29.3. The molecule has 2 N–H and O–H groups in total. The smallest absolute Gasteiger partial charge is 0.0530 e. The first kappa shape index (κ1) is 13.4. The van der Waals surface area contributed by atoms with Gasteiger partial charge in [0.15, 0.2) is 0 Å². The van der Waals surface area contributed by atoms with E-state index in [1.807, 2.05) is 18.5 Å². The number of hydrogen-bond donors (Lipinski definition) is 2. The van der Waals surface area contributed by atoms with E-state index < -0.39 is 0 Å². The molecule has 2 aliphatic rings. The molecule has 0 saturated carbocycles. The first-order valence-electron chi connectivity index (χ1n) is 7.12. The van der Waals surface area contributed by atoms with Crippen LogP contribution in [0.1, 0.15) is 18.0 Å². The number of nitrogens with one attached hydrogen (secondary N) is 2. The highest BCUT2D eigenvalue weighted by Crippen LogP contribution is 2.25. The minimum atomic E-state index is 0.393. The predicted molar refractivity (Wildman–Crippen MR) is 80.0 cm³/mol. The van der Waals surface area contributed by atoms with Crippen molar-refractivity contribution in [2.45, 2.75) is 12.5 Å². The zero-order chi connectivity index (χ0) is 12.9. The summed E-state index contributed by atoms with van der Waals surface area (Å²) in [6, 6.07) is 4.59. The Bertz CT molecular complexity index is 378. The molecular weight excluding hydrogens is 256 g/mol. The Morgan fingerprint density at radius 3 is 3.26 bits per heavy atom. The van der Waals surface area contributed by atoms with Gasteiger partial charge in [-0.3, -0.25) is 10.4 Å². The lowest BCUT2D eigenvalue weighted by molar-refractivity contribution is 0.241. The summed E-state index contributed by atoms with van der Waals surface area (Å²) in [7, 11) is 0. The van der Waals surface area contributed by atoms with Crippen LogP contribution in [-0.4, -0.2) is 47.6 Å². The van der Waals surface area contributed by atoms with Gasteiger partial charge in [0.1, 0.15) is 0 Å². The average Bonchev–Trinajstić information content (AvgIpc) is 2.75. The monoisotopic (exact) mass is 278 g/mol. The maximum Gasteiger partial charge on any atom is 0.0530 e. The van der Waals surface area contributed by atoms with E-state index >= 15 is 0 Å². The standard InChI is InChI=1S/C14H22N4S/c1-3-12(9-15-4-1)14-13(10-16-17-14)11-18-5-2-7-19-8-6-18/h1,3-4,9,13-14,16-17H,2,5-8,10-11H2. The minimum absolute atomic E-state index is 0.393. The molecular formula is C14H22N4S. The maximum atomic E-state index is 4.24. The number of hydrazine groups is 1. The summed E-state index contributed by atoms with van der Waals surface area (Å²) in [6.07, 6.45) is 5.15. The Hall–Kier alpha value is -0.620. The number of thioether (sulfide) groups is 1. The Kier molecular flexibility index (Phi) is 4.71. The fourth-order valence-corrected chi connectivity index (χ4v) is 3.86. The van der Waals surface area contributed by atoms with Crippen molar-refractivity contribution >= 4 is 11.8 Å². The molecule has 2 atom stereocenters. The van der Waals surface area contributed by atoms with E-state index in [4.69, 9.17) is 0 Å². The van der Waals surface area contributed by atoms with Crippen molar-refractivity contribution in [3.8, 4) is 0 Å². The van der Waals surface area contributed by atoms with Crippen molar-refractivity contribution in [1.29, 1.82) is 0 Å². The third-order valence-corrected chi connectivity index (χ3v) is 4.99. The van der Waals surface area contributed by atoms with Crippen LogP contribution in [0.25, 0.3) is 0 Å². The zero-order valence-corrected chi connectivity index (χ0v) is 12.0. The van der Waals surface area contributed by atoms with Gasteiger partial charge < -0.3 is 4.90 Å². The third-order valence-electron chi connectivity index (χ3n) is 3.94. The Morgan fingerprint density at radius 1 is 1.37 bits per heavy atom. The van der Waals surface area contributed by atoms with E-state index in [9.17, 15) is 0 Å². The van der Waals surface area contributed by atoms with Gasteiger partial charge in [0, 0.05) is 43.7 Å². The molecule has 0 amide bonds. The van der Waals surface area contributed by atoms with Crippen molar-refractivity contribution in [3.63, 3.8) is 0 Å². The fraction of sp³-hybridized carbons (Fsp3) is 0.643. The highest BCUT2D eigenvalue weighted by molar-refractivity contribution is 7.99. The molecule has 5 heteroatoms. The quantitative estimate of drug-likeness (QED) is 0.872. The fourth-order valence-electron chi connectivity index (χ4n) is 2.93. The van der Waals surface area contributed by atoms with Gasteiger partial charge in [0.25, 0.3) is 0 Å². The second kappa shape index (κ2) is 6.70. The maximum absolute atomic E-state index is 4.24. The molecule has 3 rings (SSSR count). The van der Waals surface area contributed by atoms with Gasteiger partial charge in [-0.1, -0.05) is 6.07 Å². The lowest BCUT2D eigenvalue weighted by Crippen LogP contribution is -2.34. The summed E-state index contributed by atoms with van der Waals surface area (Å²) in [5, 5.41) is 0. The molecule has 0 aliphatic carbocycles. The van der Waals surface area contributed by atoms with Gasteiger partial charge in [-0.15, -0.1) is 0 Å². The topological polar surface area (TPSA) is 40.2 Å². The predicted octanol–water partition coefficient (Wildman–Crippen LogP) is 1.29. The summed E-state index contributed by atoms with van der Waals surface area (Å²) in [6.45, 7) is 4.72. The number of pyridine rings is 1. The zero-order valence-electron chi connectivity index (χ0n) is 11.2. The van der Waals surface area contributed by atoms with Gasteiger partial charge in [0.05, 0.1) is 6.04 Å². The van der Waals surface area contributed by atoms with Crippen molar-refractivity contribution in [1.82, 2.24) is 20.7 Å². The summed E-state index contributed by atoms with van der Waals surface area (Å²) in [5.41, 5.74) is 8.02. The van der Waals surface area contributed by atoms with Crippen molar-refractivity contribution in [2.75, 3.05) is 37.7 Å². The molecule has 1 aromatic rings. The molecule has 2 saturated heterocycles. The summed E-state index contributed by atoms with van der Waals surface area (Å²) in [5.74, 6) is 3.24. The molecule has 0 bridgehead atoms. The Labute approximate surface area is 119 Å². The van der Waals surface area contributed by atoms with Crippen LogP contribution in [0.5, 0.6) is 0 Å². The van der Waals surface area contributed by atoms with Gasteiger partial charge >= 0.3 is 0 Å². The minimum Gasteiger partial charge on any atom is -0.302 e. The number of rotatable bonds is 3. The van der Waals surface area contributed by atoms with Crippen LogP contribution in [0.2, 0.25) is 0 Å². The molecule has 3 heterocycles. The van der Waals surface area contributed by atoms with E-state index in [-0.39, 0.29) is 0 Å². The first-order chi connectivity index (χ1) is 9.43. The number of hydrogen-bond acceptors (Lipinski definition) is 5. The molecule has 1 aromatic heterocycles. The van der Waals surface area contributed by atoms with E-state index in [1.54, 1.807) is 0 Å². The molecule has 0 radical (unpaired) electrons. The van der Waals surface area contributed by atoms with Gasteiger partial charge in [0.2, 0.25) is 0 Å². The highest BCUT2D eigenvalue weighted by atomic mass is 32.2. The lowest BCUT2D eigenvalue weighted by Gasteiger charge is -2.26. The van der Waals surface area contributed by atoms with Gasteiger partial charge in [-0.05, 0) is 30.3 Å². The molecule has 19 heavy (non-hydrogen) atoms. The Morgan fingerprint density at radius 2 is 2.37 bits per heavy atom. The van der Waals surface area contributed by atoms with E-state index in [2.05, 4.69) is 38.6 Å². The lowest BCUT2D eigenvalue weighted by atomic mass is 9.95. The van der Waals surface area contributed by atoms with Crippen LogP contribution >= 0.6 is 11.8 Å². The molecule has 4 nitrogen and oxygen atoms in total. The van der Waals surface area contributed by atoms with E-state index in [0.717, 1.165) is 6.54 Å². The van der Waals surface area contributed by atoms with Crippen molar-refractivity contribution in [3.05, 3.63) is 30.1 Å². The molecule has 0 aromatic carbocycles. The van der Waals surface area contributed by atoms with Crippen molar-refractivity contribution < 1.29 is 0 Å². The average molecular weight is 278 g/mol. The van der Waals surface area contributed by atoms with E-state index in [1.165, 1.54) is 43.1 Å². The Balaban J connectivity index is 1.63. The summed E-state index contributed by atoms with van der Waals surface area (Å²) in [4.78, 5) is 6.87. The van der Waals surface area contributed by atoms with Crippen LogP contribution in [0, 0.1) is 5.92 Å². The van der Waals surface area contributed by atoms with E-state index in [0.29, 0.717) is 12.0 Å². The van der Waals surface area contributed by atoms with Crippen LogP contribution in [0.15, 0.2) is 24.5 Å². The third kappa shape index (κ3) is 3.48. The second-order valence-electron chi connectivity index (χ2n) is 5.32. The first-order valence-corrected chi connectivity index (χ1v) is 8.27. The highest BCUT2D eigenvalue weighted by Gasteiger charge is 2.29. The number of nitrogens with zero attached hydrogens (tertiary/aromatic N) is 2. The van der Waals surface area contributed by atoms with Crippen LogP contribution in [0.3, 0.4) is 0 Å². The molecule has 0 spiro atoms. The molecule has 2 unspecified atom stereocenters. The SMILES string of the molecule is c1cncc(C2NNCC2CN2CCCSCC2)c1. The van der Waals surface area contributed by atoms with Gasteiger partial charge in [-0.25, -0.2) is 5.43 Å². The van der Waals surface area contributed by atoms with Crippen molar-refractivity contribution in [2.24, 2.45) is 5.92 Å². The largest absolute Gasteiger partial charge is 0.302 e. The van der Waals surface area contributed by atoms with Crippen LogP contribution < -0.4 is 10.9 Å². The molecule has 2 fully saturated rings. The molecule has 104 valence electrons. The van der Waals surface area contributed by atoms with Crippen LogP contribution in [0.4, 0.5) is 0 Å². The summed E-state index contributed by atoms with van der Waals surface area (Å²) >= 11 is 2.09. The second-order valence-corrected chi connectivity index (χ2v) is 6.54. The number of aromatic nitrogens is 1. The molecule has 2 aliphatic heterocycles. The van der Waals surface area contributed by atoms with Crippen LogP contribution in [-0.2, 0) is 0 Å². The van der Waals surface area contributed by atoms with Gasteiger partial charge in [-0.2, -0.15) is 11.8 Å². The summed E-state index contributed by atoms with van der Waals surface area (Å²) < 4.78 is 0.